The number of rotatable bonds is 3. The predicted molar refractivity (Wildman–Crippen MR) is 77.8 cm³/mol. The van der Waals surface area contributed by atoms with Crippen LogP contribution < -0.4 is 10.1 Å². The van der Waals surface area contributed by atoms with Crippen LogP contribution in [0.25, 0.3) is 5.69 Å². The molecule has 6 nitrogen and oxygen atoms in total. The van der Waals surface area contributed by atoms with Gasteiger partial charge in [-0.05, 0) is 38.3 Å². The first-order valence-electron chi connectivity index (χ1n) is 7.47. The maximum absolute atomic E-state index is 5.49. The lowest BCUT2D eigenvalue weighted by molar-refractivity contribution is 0.391. The zero-order valence-corrected chi connectivity index (χ0v) is 12.4. The van der Waals surface area contributed by atoms with E-state index in [0.717, 1.165) is 36.6 Å². The second-order valence-electron chi connectivity index (χ2n) is 5.74. The fourth-order valence-corrected chi connectivity index (χ4v) is 3.10. The highest BCUT2D eigenvalue weighted by Gasteiger charge is 2.32. The highest BCUT2D eigenvalue weighted by molar-refractivity contribution is 5.50. The highest BCUT2D eigenvalue weighted by Crippen LogP contribution is 2.43. The number of fused-ring (bicyclic) bond motifs is 1. The Morgan fingerprint density at radius 2 is 2.19 bits per heavy atom. The SMILES string of the molecule is COc1ncnc(C2CC2)c1-n1nc(C)c2c1CNCC2. The molecule has 0 unspecified atom stereocenters. The Morgan fingerprint density at radius 3 is 2.95 bits per heavy atom. The first-order valence-corrected chi connectivity index (χ1v) is 7.47. The van der Waals surface area contributed by atoms with Crippen molar-refractivity contribution in [3.05, 3.63) is 29.0 Å². The van der Waals surface area contributed by atoms with Crippen molar-refractivity contribution in [1.82, 2.24) is 25.1 Å². The Balaban J connectivity index is 1.94. The third kappa shape index (κ3) is 2.01. The van der Waals surface area contributed by atoms with Crippen LogP contribution in [0.4, 0.5) is 0 Å². The van der Waals surface area contributed by atoms with E-state index in [1.54, 1.807) is 13.4 Å². The van der Waals surface area contributed by atoms with Gasteiger partial charge in [-0.15, -0.1) is 0 Å². The van der Waals surface area contributed by atoms with E-state index >= 15 is 0 Å². The molecule has 1 N–H and O–H groups in total. The molecule has 21 heavy (non-hydrogen) atoms. The standard InChI is InChI=1S/C15H19N5O/c1-9-11-5-6-16-7-12(11)20(19-9)14-13(10-3-4-10)17-8-18-15(14)21-2/h8,10,16H,3-7H2,1-2H3. The van der Waals surface area contributed by atoms with E-state index in [1.165, 1.54) is 24.1 Å². The molecule has 0 radical (unpaired) electrons. The molecule has 2 aliphatic rings. The number of methoxy groups -OCH3 is 1. The van der Waals surface area contributed by atoms with Crippen molar-refractivity contribution in [2.45, 2.75) is 38.6 Å². The van der Waals surface area contributed by atoms with Gasteiger partial charge in [-0.3, -0.25) is 0 Å². The summed E-state index contributed by atoms with van der Waals surface area (Å²) in [6, 6.07) is 0. The third-order valence-electron chi connectivity index (χ3n) is 4.32. The minimum atomic E-state index is 0.522. The van der Waals surface area contributed by atoms with Gasteiger partial charge in [-0.2, -0.15) is 10.1 Å². The van der Waals surface area contributed by atoms with Crippen molar-refractivity contribution >= 4 is 0 Å². The molecule has 6 heteroatoms. The van der Waals surface area contributed by atoms with Crippen LogP contribution in [0.2, 0.25) is 0 Å². The molecule has 4 rings (SSSR count). The minimum absolute atomic E-state index is 0.522. The van der Waals surface area contributed by atoms with Crippen LogP contribution >= 0.6 is 0 Å². The summed E-state index contributed by atoms with van der Waals surface area (Å²) in [7, 11) is 1.66. The summed E-state index contributed by atoms with van der Waals surface area (Å²) in [5.74, 6) is 1.14. The summed E-state index contributed by atoms with van der Waals surface area (Å²) >= 11 is 0. The maximum Gasteiger partial charge on any atom is 0.243 e. The van der Waals surface area contributed by atoms with Crippen molar-refractivity contribution in [2.75, 3.05) is 13.7 Å². The summed E-state index contributed by atoms with van der Waals surface area (Å²) < 4.78 is 7.49. The van der Waals surface area contributed by atoms with Crippen LogP contribution in [0.15, 0.2) is 6.33 Å². The van der Waals surface area contributed by atoms with E-state index in [1.807, 2.05) is 4.68 Å². The molecule has 1 aliphatic heterocycles. The monoisotopic (exact) mass is 285 g/mol. The Morgan fingerprint density at radius 1 is 1.33 bits per heavy atom. The molecule has 0 atom stereocenters. The van der Waals surface area contributed by atoms with Crippen molar-refractivity contribution < 1.29 is 4.74 Å². The van der Waals surface area contributed by atoms with Crippen LogP contribution in [0.3, 0.4) is 0 Å². The number of nitrogens with zero attached hydrogens (tertiary/aromatic N) is 4. The summed E-state index contributed by atoms with van der Waals surface area (Å²) in [6.45, 7) is 3.92. The van der Waals surface area contributed by atoms with Crippen molar-refractivity contribution in [3.63, 3.8) is 0 Å². The Hall–Kier alpha value is -1.95. The zero-order chi connectivity index (χ0) is 14.4. The molecular formula is C15H19N5O. The first-order chi connectivity index (χ1) is 10.3. The largest absolute Gasteiger partial charge is 0.479 e. The lowest BCUT2D eigenvalue weighted by Crippen LogP contribution is -2.25. The van der Waals surface area contributed by atoms with Gasteiger partial charge in [0.25, 0.3) is 0 Å². The fraction of sp³-hybridized carbons (Fsp3) is 0.533. The number of hydrogen-bond donors (Lipinski definition) is 1. The third-order valence-corrected chi connectivity index (χ3v) is 4.32. The summed E-state index contributed by atoms with van der Waals surface area (Å²) in [6.07, 6.45) is 4.99. The Labute approximate surface area is 123 Å². The molecular weight excluding hydrogens is 266 g/mol. The molecule has 110 valence electrons. The summed E-state index contributed by atoms with van der Waals surface area (Å²) in [5, 5.41) is 8.18. The highest BCUT2D eigenvalue weighted by atomic mass is 16.5. The van der Waals surface area contributed by atoms with Gasteiger partial charge in [0.2, 0.25) is 5.88 Å². The van der Waals surface area contributed by atoms with E-state index in [2.05, 4.69) is 22.2 Å². The smallest absolute Gasteiger partial charge is 0.243 e. The molecule has 2 aromatic heterocycles. The van der Waals surface area contributed by atoms with E-state index in [9.17, 15) is 0 Å². The average molecular weight is 285 g/mol. The van der Waals surface area contributed by atoms with E-state index in [0.29, 0.717) is 11.8 Å². The molecule has 1 fully saturated rings. The van der Waals surface area contributed by atoms with Gasteiger partial charge in [0, 0.05) is 12.5 Å². The lowest BCUT2D eigenvalue weighted by atomic mass is 10.1. The predicted octanol–water partition coefficient (Wildman–Crippen LogP) is 1.50. The van der Waals surface area contributed by atoms with Gasteiger partial charge in [0.05, 0.1) is 24.2 Å². The van der Waals surface area contributed by atoms with Gasteiger partial charge >= 0.3 is 0 Å². The number of aryl methyl sites for hydroxylation is 1. The van der Waals surface area contributed by atoms with E-state index in [4.69, 9.17) is 9.84 Å². The van der Waals surface area contributed by atoms with Crippen LogP contribution in [-0.4, -0.2) is 33.4 Å². The topological polar surface area (TPSA) is 64.9 Å². The molecule has 0 spiro atoms. The van der Waals surface area contributed by atoms with Gasteiger partial charge in [-0.25, -0.2) is 9.67 Å². The number of hydrogen-bond acceptors (Lipinski definition) is 5. The molecule has 0 amide bonds. The summed E-state index contributed by atoms with van der Waals surface area (Å²) in [4.78, 5) is 8.80. The van der Waals surface area contributed by atoms with Crippen molar-refractivity contribution in [3.8, 4) is 11.6 Å². The molecule has 1 aliphatic carbocycles. The van der Waals surface area contributed by atoms with Crippen LogP contribution in [0.5, 0.6) is 5.88 Å². The molecule has 3 heterocycles. The molecule has 2 aromatic rings. The van der Waals surface area contributed by atoms with Gasteiger partial charge in [-0.1, -0.05) is 0 Å². The van der Waals surface area contributed by atoms with E-state index in [-0.39, 0.29) is 0 Å². The second kappa shape index (κ2) is 4.80. The summed E-state index contributed by atoms with van der Waals surface area (Å²) in [5.41, 5.74) is 5.66. The van der Waals surface area contributed by atoms with Gasteiger partial charge < -0.3 is 10.1 Å². The van der Waals surface area contributed by atoms with Gasteiger partial charge in [0.1, 0.15) is 12.0 Å². The van der Waals surface area contributed by atoms with Gasteiger partial charge in [0.15, 0.2) is 0 Å². The molecule has 0 aromatic carbocycles. The minimum Gasteiger partial charge on any atom is -0.479 e. The first kappa shape index (κ1) is 12.8. The average Bonchev–Trinajstić information content (AvgIpc) is 3.32. The lowest BCUT2D eigenvalue weighted by Gasteiger charge is -2.18. The van der Waals surface area contributed by atoms with Crippen LogP contribution in [0.1, 0.15) is 41.4 Å². The number of aromatic nitrogens is 4. The Kier molecular flexibility index (Phi) is 2.92. The second-order valence-corrected chi connectivity index (χ2v) is 5.74. The maximum atomic E-state index is 5.49. The fourth-order valence-electron chi connectivity index (χ4n) is 3.10. The molecule has 0 bridgehead atoms. The van der Waals surface area contributed by atoms with Crippen LogP contribution in [0, 0.1) is 6.92 Å². The number of nitrogens with one attached hydrogen (secondary N) is 1. The van der Waals surface area contributed by atoms with Crippen molar-refractivity contribution in [1.29, 1.82) is 0 Å². The molecule has 1 saturated carbocycles. The normalized spacial score (nSPS) is 17.6. The Bertz CT molecular complexity index is 690. The zero-order valence-electron chi connectivity index (χ0n) is 12.4. The van der Waals surface area contributed by atoms with Crippen LogP contribution in [-0.2, 0) is 13.0 Å². The number of ether oxygens (including phenoxy) is 1. The quantitative estimate of drug-likeness (QED) is 0.926. The molecule has 0 saturated heterocycles. The van der Waals surface area contributed by atoms with Crippen molar-refractivity contribution in [2.24, 2.45) is 0 Å². The van der Waals surface area contributed by atoms with E-state index < -0.39 is 0 Å².